The Morgan fingerprint density at radius 2 is 1.03 bits per heavy atom. The first-order chi connectivity index (χ1) is 36.8. The van der Waals surface area contributed by atoms with Crippen LogP contribution in [0, 0.1) is 25.1 Å². The summed E-state index contributed by atoms with van der Waals surface area (Å²) in [7, 11) is 0. The molecule has 73 heavy (non-hydrogen) atoms. The van der Waals surface area contributed by atoms with Gasteiger partial charge in [-0.1, -0.05) is 138 Å². The number of furan rings is 1. The molecule has 7 aromatic carbocycles. The number of aryl methyl sites for hydroxylation is 5. The van der Waals surface area contributed by atoms with E-state index in [2.05, 4.69) is 145 Å². The average molecular weight is 1120 g/mol. The van der Waals surface area contributed by atoms with E-state index in [4.69, 9.17) is 23.5 Å². The fourth-order valence-corrected chi connectivity index (χ4v) is 9.65. The first kappa shape index (κ1) is 43.4. The Morgan fingerprint density at radius 1 is 0.425 bits per heavy atom. The van der Waals surface area contributed by atoms with Crippen molar-refractivity contribution in [2.75, 3.05) is 0 Å². The van der Waals surface area contributed by atoms with E-state index in [0.29, 0.717) is 16.8 Å². The summed E-state index contributed by atoms with van der Waals surface area (Å²) < 4.78 is 30.3. The molecule has 5 heterocycles. The van der Waals surface area contributed by atoms with E-state index >= 15 is 0 Å². The van der Waals surface area contributed by atoms with E-state index in [-0.39, 0.29) is 31.5 Å². The molecular formula is C67H47IrN4O. The molecule has 0 N–H and O–H groups in total. The van der Waals surface area contributed by atoms with Crippen molar-refractivity contribution in [3.8, 4) is 78.3 Å². The average Bonchev–Trinajstić information content (AvgIpc) is 3.92. The molecule has 0 amide bonds. The van der Waals surface area contributed by atoms with Crippen molar-refractivity contribution in [1.82, 2.24) is 19.9 Å². The van der Waals surface area contributed by atoms with Crippen molar-refractivity contribution in [3.63, 3.8) is 0 Å². The smallest absolute Gasteiger partial charge is 0.486 e. The first-order valence-electron chi connectivity index (χ1n) is 25.7. The maximum absolute atomic E-state index is 7.98. The molecule has 0 saturated carbocycles. The number of pyridine rings is 4. The van der Waals surface area contributed by atoms with E-state index < -0.39 is 6.85 Å². The van der Waals surface area contributed by atoms with Gasteiger partial charge in [-0.3, -0.25) is 0 Å². The number of nitrogens with zero attached hydrogens (tertiary/aromatic N) is 4. The van der Waals surface area contributed by atoms with Crippen molar-refractivity contribution >= 4 is 22.1 Å². The molecule has 0 aliphatic carbocycles. The Kier molecular flexibility index (Phi) is 12.6. The number of hydrogen-bond donors (Lipinski definition) is 0. The van der Waals surface area contributed by atoms with Gasteiger partial charge in [0.25, 0.3) is 0 Å². The molecular weight excluding hydrogens is 1070 g/mol. The van der Waals surface area contributed by atoms with Gasteiger partial charge >= 0.3 is 20.1 Å². The van der Waals surface area contributed by atoms with Gasteiger partial charge in [-0.2, -0.15) is 0 Å². The Balaban J connectivity index is 0.00000616. The molecule has 5 nitrogen and oxygen atoms in total. The van der Waals surface area contributed by atoms with Crippen LogP contribution in [0.2, 0.25) is 0 Å². The Hall–Kier alpha value is -8.41. The van der Waals surface area contributed by atoms with Crippen LogP contribution in [0.15, 0.2) is 223 Å². The number of aromatic nitrogens is 4. The van der Waals surface area contributed by atoms with Gasteiger partial charge < -0.3 is 19.4 Å². The third kappa shape index (κ3) is 10.1. The maximum atomic E-state index is 7.98. The summed E-state index contributed by atoms with van der Waals surface area (Å²) in [6, 6.07) is 78.4. The second-order valence-corrected chi connectivity index (χ2v) is 18.0. The molecule has 0 aliphatic heterocycles. The normalized spacial score (nSPS) is 12.0. The molecule has 0 saturated heterocycles. The predicted octanol–water partition coefficient (Wildman–Crippen LogP) is 16.1. The fourth-order valence-electron chi connectivity index (χ4n) is 9.65. The minimum absolute atomic E-state index is 0. The summed E-state index contributed by atoms with van der Waals surface area (Å²) in [6.07, 6.45) is 9.27. The van der Waals surface area contributed by atoms with Gasteiger partial charge in [0.1, 0.15) is 0 Å². The molecule has 0 unspecified atom stereocenters. The van der Waals surface area contributed by atoms with Crippen molar-refractivity contribution in [2.24, 2.45) is 0 Å². The molecule has 5 aromatic heterocycles. The molecule has 12 rings (SSSR count). The largest absolute Gasteiger partial charge is 3.00 e. The Bertz CT molecular complexity index is 3850. The second-order valence-electron chi connectivity index (χ2n) is 18.0. The van der Waals surface area contributed by atoms with E-state index in [0.717, 1.165) is 103 Å². The Morgan fingerprint density at radius 3 is 1.66 bits per heavy atom. The summed E-state index contributed by atoms with van der Waals surface area (Å²) in [5, 5.41) is 1.53. The molecule has 6 heteroatoms. The SMILES string of the molecule is [2H]C([2H])([2H])c1ccc2c(n1)oc1c(-c3cc(-c4ccc(-c5ccccc5)cc4)c(-c4ccccc4-c4cc(CCc5ccc(-c6[c-]cccc6)nc5)cc(CCc5ccc(-c6[c-]cccc6)nc5)c4)cn3)[c-]ccc12.[Ir+3]. The van der Waals surface area contributed by atoms with Crippen LogP contribution in [0.5, 0.6) is 0 Å². The topological polar surface area (TPSA) is 64.7 Å². The Labute approximate surface area is 443 Å². The molecule has 0 spiro atoms. The van der Waals surface area contributed by atoms with Gasteiger partial charge in [0.05, 0.1) is 5.58 Å². The number of rotatable bonds is 13. The van der Waals surface area contributed by atoms with E-state index in [1.165, 1.54) is 22.3 Å². The second kappa shape index (κ2) is 21.1. The molecule has 0 radical (unpaired) electrons. The molecule has 350 valence electrons. The van der Waals surface area contributed by atoms with Crippen LogP contribution in [0.4, 0.5) is 0 Å². The van der Waals surface area contributed by atoms with E-state index in [1.54, 1.807) is 12.1 Å². The third-order valence-electron chi connectivity index (χ3n) is 13.4. The zero-order chi connectivity index (χ0) is 50.7. The fraction of sp³-hybridized carbons (Fsp3) is 0.0746. The minimum Gasteiger partial charge on any atom is -0.486 e. The van der Waals surface area contributed by atoms with Crippen LogP contribution < -0.4 is 0 Å². The van der Waals surface area contributed by atoms with Crippen LogP contribution in [0.25, 0.3) is 100 Å². The predicted molar refractivity (Wildman–Crippen MR) is 292 cm³/mol. The molecule has 0 atom stereocenters. The number of fused-ring (bicyclic) bond motifs is 3. The minimum atomic E-state index is -2.37. The van der Waals surface area contributed by atoms with Crippen molar-refractivity contribution < 1.29 is 28.6 Å². The van der Waals surface area contributed by atoms with Gasteiger partial charge in [-0.15, -0.1) is 90.0 Å². The summed E-state index contributed by atoms with van der Waals surface area (Å²) in [5.41, 5.74) is 19.2. The third-order valence-corrected chi connectivity index (χ3v) is 13.4. The van der Waals surface area contributed by atoms with E-state index in [9.17, 15) is 0 Å². The quantitative estimate of drug-likeness (QED) is 0.108. The molecule has 0 aliphatic rings. The van der Waals surface area contributed by atoms with Gasteiger partial charge in [-0.25, -0.2) is 4.98 Å². The zero-order valence-electron chi connectivity index (χ0n) is 42.6. The van der Waals surface area contributed by atoms with Crippen LogP contribution in [-0.2, 0) is 45.8 Å². The van der Waals surface area contributed by atoms with Gasteiger partial charge in [-0.05, 0) is 123 Å². The number of hydrogen-bond acceptors (Lipinski definition) is 5. The number of benzene rings is 7. The van der Waals surface area contributed by atoms with Crippen LogP contribution in [0.1, 0.15) is 32.1 Å². The zero-order valence-corrected chi connectivity index (χ0v) is 42.0. The van der Waals surface area contributed by atoms with Gasteiger partial charge in [0.15, 0.2) is 0 Å². The van der Waals surface area contributed by atoms with E-state index in [1.807, 2.05) is 85.3 Å². The van der Waals surface area contributed by atoms with Crippen molar-refractivity contribution in [3.05, 3.63) is 265 Å². The van der Waals surface area contributed by atoms with Gasteiger partial charge in [0.2, 0.25) is 5.71 Å². The molecule has 0 fully saturated rings. The summed E-state index contributed by atoms with van der Waals surface area (Å²) in [4.78, 5) is 19.3. The van der Waals surface area contributed by atoms with Crippen LogP contribution in [0.3, 0.4) is 0 Å². The molecule has 12 aromatic rings. The maximum Gasteiger partial charge on any atom is 3.00 e. The molecule has 0 bridgehead atoms. The van der Waals surface area contributed by atoms with Crippen LogP contribution in [-0.4, -0.2) is 19.9 Å². The summed E-state index contributed by atoms with van der Waals surface area (Å²) in [6.45, 7) is -2.37. The van der Waals surface area contributed by atoms with Crippen molar-refractivity contribution in [1.29, 1.82) is 0 Å². The monoisotopic (exact) mass is 1120 g/mol. The van der Waals surface area contributed by atoms with Gasteiger partial charge in [0, 0.05) is 39.3 Å². The first-order valence-corrected chi connectivity index (χ1v) is 24.2. The summed E-state index contributed by atoms with van der Waals surface area (Å²) in [5.74, 6) is 0. The van der Waals surface area contributed by atoms with Crippen LogP contribution >= 0.6 is 0 Å². The summed E-state index contributed by atoms with van der Waals surface area (Å²) >= 11 is 0. The van der Waals surface area contributed by atoms with Crippen molar-refractivity contribution in [2.45, 2.75) is 32.5 Å². The standard InChI is InChI=1S/C67H47N4O.Ir/c1-45-24-35-59-58-22-13-23-60(66(58)72-67(59)71-45)65-41-61(52-33-31-51(32-34-52)50-14-5-2-6-15-50)62(44-70-65)57-21-12-11-20-56(57)55-39-48(27-25-46-29-36-63(68-42-46)53-16-7-3-8-17-53)38-49(40-55)28-26-47-30-37-64(69-43-47)54-18-9-4-10-19-54;/h2-16,18,20-22,24,29-44H,25-28H2,1H3;/q-3;+3/i1D3;.